The van der Waals surface area contributed by atoms with Crippen LogP contribution in [0.25, 0.3) is 0 Å². The summed E-state index contributed by atoms with van der Waals surface area (Å²) in [5.41, 5.74) is 0. The standard InChI is InChI=1S/C11H28N6/c1-5-12-10(13-6-2)16-9-17-11(14-7-3)15-8-4/h10,12-13,16H,5-9H2,1-4H3,(H2,14,15,17)/p+2. The highest BCUT2D eigenvalue weighted by molar-refractivity contribution is 5.73. The van der Waals surface area contributed by atoms with Crippen LogP contribution < -0.4 is 31.6 Å². The predicted molar refractivity (Wildman–Crippen MR) is 71.3 cm³/mol. The van der Waals surface area contributed by atoms with Crippen molar-refractivity contribution in [2.75, 3.05) is 32.8 Å². The molecule has 0 spiro atoms. The van der Waals surface area contributed by atoms with E-state index in [1.807, 2.05) is 0 Å². The van der Waals surface area contributed by atoms with Gasteiger partial charge in [-0.15, -0.1) is 0 Å². The van der Waals surface area contributed by atoms with Crippen LogP contribution in [0.2, 0.25) is 0 Å². The average molecular weight is 246 g/mol. The molecular weight excluding hydrogens is 216 g/mol. The van der Waals surface area contributed by atoms with E-state index >= 15 is 0 Å². The second-order valence-corrected chi connectivity index (χ2v) is 3.67. The Hall–Kier alpha value is -0.850. The second kappa shape index (κ2) is 11.6. The van der Waals surface area contributed by atoms with Crippen molar-refractivity contribution in [1.29, 1.82) is 0 Å². The van der Waals surface area contributed by atoms with Gasteiger partial charge in [0.15, 0.2) is 6.29 Å². The van der Waals surface area contributed by atoms with Gasteiger partial charge in [0.05, 0.1) is 19.6 Å². The van der Waals surface area contributed by atoms with Crippen LogP contribution in [0.4, 0.5) is 0 Å². The minimum Gasteiger partial charge on any atom is -0.318 e. The molecule has 0 aromatic carbocycles. The first-order valence-corrected chi connectivity index (χ1v) is 6.67. The monoisotopic (exact) mass is 246 g/mol. The van der Waals surface area contributed by atoms with Gasteiger partial charge in [0.25, 0.3) is 0 Å². The van der Waals surface area contributed by atoms with Gasteiger partial charge in [0, 0.05) is 0 Å². The molecule has 0 aromatic rings. The molecule has 0 aliphatic heterocycles. The Morgan fingerprint density at radius 1 is 1.00 bits per heavy atom. The molecule has 1 unspecified atom stereocenters. The minimum atomic E-state index is 0.266. The van der Waals surface area contributed by atoms with E-state index in [1.54, 1.807) is 0 Å². The van der Waals surface area contributed by atoms with Crippen LogP contribution in [0, 0.1) is 0 Å². The van der Waals surface area contributed by atoms with Gasteiger partial charge in [-0.25, -0.2) is 5.32 Å². The third kappa shape index (κ3) is 8.91. The Morgan fingerprint density at radius 2 is 1.65 bits per heavy atom. The number of hydrogen-bond donors (Lipinski definition) is 6. The van der Waals surface area contributed by atoms with Crippen molar-refractivity contribution in [2.24, 2.45) is 0 Å². The van der Waals surface area contributed by atoms with Gasteiger partial charge in [-0.05, 0) is 27.3 Å². The molecule has 0 radical (unpaired) electrons. The van der Waals surface area contributed by atoms with Crippen molar-refractivity contribution in [3.05, 3.63) is 0 Å². The summed E-state index contributed by atoms with van der Waals surface area (Å²) in [6, 6.07) is 0. The third-order valence-corrected chi connectivity index (χ3v) is 2.19. The molecule has 1 atom stereocenters. The van der Waals surface area contributed by atoms with Crippen molar-refractivity contribution in [3.8, 4) is 0 Å². The van der Waals surface area contributed by atoms with Gasteiger partial charge in [-0.3, -0.25) is 20.9 Å². The third-order valence-electron chi connectivity index (χ3n) is 2.19. The first-order chi connectivity index (χ1) is 8.28. The maximum Gasteiger partial charge on any atom is 0.344 e. The molecule has 102 valence electrons. The summed E-state index contributed by atoms with van der Waals surface area (Å²) in [7, 11) is 0. The van der Waals surface area contributed by atoms with Crippen molar-refractivity contribution >= 4 is 5.96 Å². The SMILES string of the molecule is CCNC(NCC)=[NH+]CNC(NCC)[NH2+]CC. The zero-order valence-corrected chi connectivity index (χ0v) is 11.7. The largest absolute Gasteiger partial charge is 0.344 e. The zero-order valence-electron chi connectivity index (χ0n) is 11.7. The Balaban J connectivity index is 3.98. The molecule has 0 heterocycles. The lowest BCUT2D eigenvalue weighted by Crippen LogP contribution is -2.98. The molecule has 6 nitrogen and oxygen atoms in total. The number of nitrogens with one attached hydrogen (secondary N) is 5. The lowest BCUT2D eigenvalue weighted by molar-refractivity contribution is -0.701. The van der Waals surface area contributed by atoms with Crippen LogP contribution in [-0.4, -0.2) is 45.1 Å². The van der Waals surface area contributed by atoms with E-state index in [0.29, 0.717) is 0 Å². The number of guanidine groups is 1. The van der Waals surface area contributed by atoms with E-state index in [0.717, 1.165) is 38.8 Å². The fraction of sp³-hybridized carbons (Fsp3) is 0.909. The van der Waals surface area contributed by atoms with Crippen LogP contribution in [0.5, 0.6) is 0 Å². The molecule has 0 amide bonds. The second-order valence-electron chi connectivity index (χ2n) is 3.67. The van der Waals surface area contributed by atoms with E-state index in [9.17, 15) is 0 Å². The minimum absolute atomic E-state index is 0.266. The topological polar surface area (TPSA) is 78.7 Å². The van der Waals surface area contributed by atoms with Gasteiger partial charge in [-0.1, -0.05) is 6.92 Å². The Labute approximate surface area is 105 Å². The van der Waals surface area contributed by atoms with Crippen LogP contribution >= 0.6 is 0 Å². The quantitative estimate of drug-likeness (QED) is 0.146. The summed E-state index contributed by atoms with van der Waals surface area (Å²) < 4.78 is 0. The first-order valence-electron chi connectivity index (χ1n) is 6.67. The summed E-state index contributed by atoms with van der Waals surface area (Å²) in [5, 5.41) is 15.5. The molecule has 0 aliphatic rings. The molecular formula is C11H30N6+2. The summed E-state index contributed by atoms with van der Waals surface area (Å²) in [6.45, 7) is 13.0. The Morgan fingerprint density at radius 3 is 2.12 bits per heavy atom. The molecule has 0 aliphatic carbocycles. The molecule has 7 N–H and O–H groups in total. The fourth-order valence-electron chi connectivity index (χ4n) is 1.48. The summed E-state index contributed by atoms with van der Waals surface area (Å²) in [5.74, 6) is 0.981. The van der Waals surface area contributed by atoms with E-state index in [4.69, 9.17) is 0 Å². The highest BCUT2D eigenvalue weighted by atomic mass is 15.3. The molecule has 0 saturated heterocycles. The molecule has 0 rings (SSSR count). The normalized spacial score (nSPS) is 12.0. The maximum atomic E-state index is 3.39. The Bertz CT molecular complexity index is 180. The number of nitrogens with two attached hydrogens (primary N) is 1. The molecule has 0 aromatic heterocycles. The maximum absolute atomic E-state index is 3.39. The zero-order chi connectivity index (χ0) is 12.9. The van der Waals surface area contributed by atoms with Crippen molar-refractivity contribution in [2.45, 2.75) is 34.0 Å². The average Bonchev–Trinajstić information content (AvgIpc) is 2.30. The summed E-state index contributed by atoms with van der Waals surface area (Å²) in [6.07, 6.45) is 0.266. The molecule has 0 fully saturated rings. The number of hydrogen-bond acceptors (Lipinski definition) is 2. The van der Waals surface area contributed by atoms with E-state index in [1.165, 1.54) is 0 Å². The van der Waals surface area contributed by atoms with Crippen LogP contribution in [0.1, 0.15) is 27.7 Å². The van der Waals surface area contributed by atoms with E-state index in [2.05, 4.69) is 59.3 Å². The van der Waals surface area contributed by atoms with Crippen LogP contribution in [-0.2, 0) is 0 Å². The van der Waals surface area contributed by atoms with Gasteiger partial charge in [-0.2, -0.15) is 0 Å². The van der Waals surface area contributed by atoms with Gasteiger partial charge >= 0.3 is 5.96 Å². The molecule has 0 bridgehead atoms. The number of rotatable bonds is 9. The predicted octanol–water partition coefficient (Wildman–Crippen LogP) is -3.33. The van der Waals surface area contributed by atoms with Gasteiger partial charge in [0.1, 0.15) is 6.67 Å². The van der Waals surface area contributed by atoms with Gasteiger partial charge in [0.2, 0.25) is 0 Å². The van der Waals surface area contributed by atoms with Crippen molar-refractivity contribution < 1.29 is 10.3 Å². The first kappa shape index (κ1) is 16.1. The van der Waals surface area contributed by atoms with Crippen LogP contribution in [0.3, 0.4) is 0 Å². The summed E-state index contributed by atoms with van der Waals surface area (Å²) in [4.78, 5) is 3.29. The molecule has 6 heteroatoms. The summed E-state index contributed by atoms with van der Waals surface area (Å²) >= 11 is 0. The lowest BCUT2D eigenvalue weighted by atomic mass is 10.6. The number of quaternary nitrogens is 1. The van der Waals surface area contributed by atoms with Crippen molar-refractivity contribution in [3.63, 3.8) is 0 Å². The van der Waals surface area contributed by atoms with Crippen molar-refractivity contribution in [1.82, 2.24) is 21.3 Å². The smallest absolute Gasteiger partial charge is 0.318 e. The highest BCUT2D eigenvalue weighted by Gasteiger charge is 2.07. The molecule has 17 heavy (non-hydrogen) atoms. The highest BCUT2D eigenvalue weighted by Crippen LogP contribution is 1.58. The fourth-order valence-corrected chi connectivity index (χ4v) is 1.48. The van der Waals surface area contributed by atoms with Gasteiger partial charge < -0.3 is 5.32 Å². The Kier molecular flexibility index (Phi) is 11.0. The lowest BCUT2D eigenvalue weighted by Gasteiger charge is -2.15. The molecule has 0 saturated carbocycles. The van der Waals surface area contributed by atoms with E-state index in [-0.39, 0.29) is 6.29 Å². The van der Waals surface area contributed by atoms with Crippen LogP contribution in [0.15, 0.2) is 0 Å². The van der Waals surface area contributed by atoms with E-state index < -0.39 is 0 Å².